The molecule has 2 unspecified atom stereocenters. The van der Waals surface area contributed by atoms with E-state index in [2.05, 4.69) is 15.9 Å². The van der Waals surface area contributed by atoms with Crippen LogP contribution in [0.1, 0.15) is 18.1 Å². The molecule has 84 valence electrons. The molecule has 0 aromatic heterocycles. The van der Waals surface area contributed by atoms with Gasteiger partial charge in [0.05, 0.1) is 6.10 Å². The van der Waals surface area contributed by atoms with Gasteiger partial charge in [-0.05, 0) is 18.6 Å². The van der Waals surface area contributed by atoms with Crippen LogP contribution in [0.5, 0.6) is 0 Å². The zero-order valence-corrected chi connectivity index (χ0v) is 10.4. The molecule has 5 heteroatoms. The van der Waals surface area contributed by atoms with Gasteiger partial charge >= 0.3 is 0 Å². The first-order valence-corrected chi connectivity index (χ1v) is 6.03. The number of aliphatic hydroxyl groups excluding tert-OH is 2. The Morgan fingerprint density at radius 1 is 1.40 bits per heavy atom. The minimum Gasteiger partial charge on any atom is -0.398 e. The fourth-order valence-corrected chi connectivity index (χ4v) is 1.94. The smallest absolute Gasteiger partial charge is 0.107 e. The summed E-state index contributed by atoms with van der Waals surface area (Å²) < 4.78 is 0. The second-order valence-electron chi connectivity index (χ2n) is 3.26. The Labute approximate surface area is 102 Å². The van der Waals surface area contributed by atoms with Crippen molar-refractivity contribution in [2.24, 2.45) is 0 Å². The summed E-state index contributed by atoms with van der Waals surface area (Å²) in [5.74, 6) is 0. The molecule has 0 radical (unpaired) electrons. The molecule has 0 aliphatic carbocycles. The highest BCUT2D eigenvalue weighted by molar-refractivity contribution is 9.09. The van der Waals surface area contributed by atoms with Crippen LogP contribution in [0, 0.1) is 0 Å². The first-order chi connectivity index (χ1) is 7.06. The van der Waals surface area contributed by atoms with Gasteiger partial charge in [0.25, 0.3) is 0 Å². The van der Waals surface area contributed by atoms with Crippen LogP contribution in [0.3, 0.4) is 0 Å². The summed E-state index contributed by atoms with van der Waals surface area (Å²) in [6.45, 7) is 0. The second-order valence-corrected chi connectivity index (χ2v) is 4.49. The predicted octanol–water partition coefficient (Wildman–Crippen LogP) is 2.10. The summed E-state index contributed by atoms with van der Waals surface area (Å²) in [6, 6.07) is 4.82. The highest BCUT2D eigenvalue weighted by Crippen LogP contribution is 2.27. The van der Waals surface area contributed by atoms with Crippen LogP contribution < -0.4 is 5.73 Å². The summed E-state index contributed by atoms with van der Waals surface area (Å²) in [6.07, 6.45) is -1.34. The van der Waals surface area contributed by atoms with Crippen molar-refractivity contribution in [3.8, 4) is 0 Å². The van der Waals surface area contributed by atoms with Crippen LogP contribution in [-0.4, -0.2) is 21.6 Å². The predicted molar refractivity (Wildman–Crippen MR) is 65.2 cm³/mol. The number of rotatable bonds is 4. The summed E-state index contributed by atoms with van der Waals surface area (Å²) in [5.41, 5.74) is 6.59. The average Bonchev–Trinajstić information content (AvgIpc) is 2.17. The minimum absolute atomic E-state index is 0.392. The Hall–Kier alpha value is -0.290. The van der Waals surface area contributed by atoms with E-state index in [-0.39, 0.29) is 0 Å². The van der Waals surface area contributed by atoms with Gasteiger partial charge in [0, 0.05) is 21.6 Å². The number of hydrogen-bond acceptors (Lipinski definition) is 3. The lowest BCUT2D eigenvalue weighted by molar-refractivity contribution is 0.0178. The number of nitrogens with two attached hydrogens (primary N) is 1. The average molecular weight is 295 g/mol. The van der Waals surface area contributed by atoms with E-state index < -0.39 is 12.2 Å². The Kier molecular flexibility index (Phi) is 4.86. The summed E-state index contributed by atoms with van der Waals surface area (Å²) in [7, 11) is 0. The van der Waals surface area contributed by atoms with Crippen molar-refractivity contribution in [2.45, 2.75) is 18.6 Å². The van der Waals surface area contributed by atoms with E-state index in [1.807, 2.05) is 0 Å². The Bertz CT molecular complexity index is 335. The SMILES string of the molecule is Nc1cc(Cl)ccc1C(O)C(O)CCBr. The summed E-state index contributed by atoms with van der Waals surface area (Å²) >= 11 is 8.93. The van der Waals surface area contributed by atoms with E-state index in [1.165, 1.54) is 0 Å². The highest BCUT2D eigenvalue weighted by atomic mass is 79.9. The Balaban J connectivity index is 2.86. The highest BCUT2D eigenvalue weighted by Gasteiger charge is 2.19. The lowest BCUT2D eigenvalue weighted by Crippen LogP contribution is -2.19. The van der Waals surface area contributed by atoms with Crippen LogP contribution >= 0.6 is 27.5 Å². The molecule has 0 bridgehead atoms. The summed E-state index contributed by atoms with van der Waals surface area (Å²) in [5, 5.41) is 20.5. The molecule has 1 aromatic carbocycles. The van der Waals surface area contributed by atoms with Crippen molar-refractivity contribution in [1.29, 1.82) is 0 Å². The fraction of sp³-hybridized carbons (Fsp3) is 0.400. The number of nitrogen functional groups attached to an aromatic ring is 1. The van der Waals surface area contributed by atoms with Gasteiger partial charge in [0.2, 0.25) is 0 Å². The molecule has 3 nitrogen and oxygen atoms in total. The van der Waals surface area contributed by atoms with Crippen molar-refractivity contribution in [1.82, 2.24) is 0 Å². The van der Waals surface area contributed by atoms with Crippen LogP contribution in [0.2, 0.25) is 5.02 Å². The zero-order chi connectivity index (χ0) is 11.4. The second kappa shape index (κ2) is 5.70. The van der Waals surface area contributed by atoms with Crippen LogP contribution in [0.25, 0.3) is 0 Å². The third kappa shape index (κ3) is 3.34. The molecule has 2 atom stereocenters. The number of aliphatic hydroxyl groups is 2. The molecular weight excluding hydrogens is 281 g/mol. The van der Waals surface area contributed by atoms with Crippen molar-refractivity contribution < 1.29 is 10.2 Å². The normalized spacial score (nSPS) is 14.9. The maximum absolute atomic E-state index is 9.80. The van der Waals surface area contributed by atoms with E-state index in [0.717, 1.165) is 0 Å². The monoisotopic (exact) mass is 293 g/mol. The van der Waals surface area contributed by atoms with Crippen LogP contribution in [0.15, 0.2) is 18.2 Å². The molecule has 1 aromatic rings. The van der Waals surface area contributed by atoms with Gasteiger partial charge in [-0.1, -0.05) is 33.6 Å². The molecular formula is C10H13BrClNO2. The van der Waals surface area contributed by atoms with E-state index >= 15 is 0 Å². The third-order valence-electron chi connectivity index (χ3n) is 2.14. The largest absolute Gasteiger partial charge is 0.398 e. The van der Waals surface area contributed by atoms with Crippen molar-refractivity contribution in [3.05, 3.63) is 28.8 Å². The number of hydrogen-bond donors (Lipinski definition) is 3. The first kappa shape index (κ1) is 12.8. The van der Waals surface area contributed by atoms with E-state index in [1.54, 1.807) is 18.2 Å². The van der Waals surface area contributed by atoms with Crippen molar-refractivity contribution in [3.63, 3.8) is 0 Å². The zero-order valence-electron chi connectivity index (χ0n) is 8.03. The molecule has 0 aliphatic rings. The van der Waals surface area contributed by atoms with E-state index in [9.17, 15) is 10.2 Å². The van der Waals surface area contributed by atoms with E-state index in [0.29, 0.717) is 28.0 Å². The quantitative estimate of drug-likeness (QED) is 0.588. The molecule has 15 heavy (non-hydrogen) atoms. The molecule has 0 spiro atoms. The number of alkyl halides is 1. The van der Waals surface area contributed by atoms with Gasteiger partial charge in [-0.2, -0.15) is 0 Å². The Morgan fingerprint density at radius 3 is 2.60 bits per heavy atom. The molecule has 0 fully saturated rings. The number of halogens is 2. The lowest BCUT2D eigenvalue weighted by atomic mass is 10.0. The Morgan fingerprint density at radius 2 is 2.07 bits per heavy atom. The first-order valence-electron chi connectivity index (χ1n) is 4.53. The lowest BCUT2D eigenvalue weighted by Gasteiger charge is -2.18. The van der Waals surface area contributed by atoms with Gasteiger partial charge in [-0.25, -0.2) is 0 Å². The molecule has 0 saturated carbocycles. The fourth-order valence-electron chi connectivity index (χ4n) is 1.29. The van der Waals surface area contributed by atoms with Crippen molar-refractivity contribution >= 4 is 33.2 Å². The molecule has 0 amide bonds. The third-order valence-corrected chi connectivity index (χ3v) is 2.83. The van der Waals surface area contributed by atoms with Crippen molar-refractivity contribution in [2.75, 3.05) is 11.1 Å². The van der Waals surface area contributed by atoms with Gasteiger partial charge in [0.1, 0.15) is 6.10 Å². The molecule has 0 saturated heterocycles. The van der Waals surface area contributed by atoms with Gasteiger partial charge in [-0.3, -0.25) is 0 Å². The topological polar surface area (TPSA) is 66.5 Å². The summed E-state index contributed by atoms with van der Waals surface area (Å²) in [4.78, 5) is 0. The van der Waals surface area contributed by atoms with E-state index in [4.69, 9.17) is 17.3 Å². The number of benzene rings is 1. The van der Waals surface area contributed by atoms with Gasteiger partial charge < -0.3 is 15.9 Å². The standard InChI is InChI=1S/C10H13BrClNO2/c11-4-3-9(14)10(15)7-2-1-6(12)5-8(7)13/h1-2,5,9-10,14-15H,3-4,13H2. The number of anilines is 1. The molecule has 0 heterocycles. The van der Waals surface area contributed by atoms with Gasteiger partial charge in [0.15, 0.2) is 0 Å². The van der Waals surface area contributed by atoms with Crippen LogP contribution in [-0.2, 0) is 0 Å². The maximum Gasteiger partial charge on any atom is 0.107 e. The maximum atomic E-state index is 9.80. The van der Waals surface area contributed by atoms with Gasteiger partial charge in [-0.15, -0.1) is 0 Å². The minimum atomic E-state index is -0.972. The van der Waals surface area contributed by atoms with Crippen LogP contribution in [0.4, 0.5) is 5.69 Å². The molecule has 1 rings (SSSR count). The molecule has 4 N–H and O–H groups in total. The molecule has 0 aliphatic heterocycles.